The van der Waals surface area contributed by atoms with Crippen LogP contribution >= 0.6 is 0 Å². The number of fused-ring (bicyclic) bond motifs is 1. The molecule has 1 unspecified atom stereocenters. The third-order valence-corrected chi connectivity index (χ3v) is 2.33. The van der Waals surface area contributed by atoms with Crippen molar-refractivity contribution in [3.05, 3.63) is 30.2 Å². The molecule has 0 amide bonds. The van der Waals surface area contributed by atoms with Crippen molar-refractivity contribution in [3.63, 3.8) is 0 Å². The van der Waals surface area contributed by atoms with Crippen LogP contribution in [0.1, 0.15) is 5.56 Å². The van der Waals surface area contributed by atoms with Gasteiger partial charge in [0.1, 0.15) is 6.04 Å². The third-order valence-electron chi connectivity index (χ3n) is 2.33. The molecule has 15 heavy (non-hydrogen) atoms. The Labute approximate surface area is 85.9 Å². The van der Waals surface area contributed by atoms with E-state index >= 15 is 0 Å². The Balaban J connectivity index is 2.32. The number of rotatable bonds is 3. The standard InChI is InChI=1S/C10H11N3O2/c11-8(10(14)15)3-6-4-13-9-5-12-2-1-7(6)9/h1-2,4-5,8,13H,3,11H2,(H,14,15). The summed E-state index contributed by atoms with van der Waals surface area (Å²) in [6.45, 7) is 0. The largest absolute Gasteiger partial charge is 0.480 e. The lowest BCUT2D eigenvalue weighted by molar-refractivity contribution is -0.138. The van der Waals surface area contributed by atoms with Crippen LogP contribution in [0.15, 0.2) is 24.7 Å². The first-order chi connectivity index (χ1) is 7.18. The average molecular weight is 205 g/mol. The first-order valence-corrected chi connectivity index (χ1v) is 4.57. The molecule has 2 aromatic rings. The van der Waals surface area contributed by atoms with Crippen LogP contribution in [0.5, 0.6) is 0 Å². The van der Waals surface area contributed by atoms with Gasteiger partial charge in [-0.2, -0.15) is 0 Å². The fourth-order valence-electron chi connectivity index (χ4n) is 1.53. The molecule has 0 aliphatic carbocycles. The lowest BCUT2D eigenvalue weighted by Gasteiger charge is -2.04. The summed E-state index contributed by atoms with van der Waals surface area (Å²) in [5.74, 6) is -0.988. The van der Waals surface area contributed by atoms with E-state index in [2.05, 4.69) is 9.97 Å². The number of nitrogens with zero attached hydrogens (tertiary/aromatic N) is 1. The summed E-state index contributed by atoms with van der Waals surface area (Å²) in [4.78, 5) is 17.6. The highest BCUT2D eigenvalue weighted by Crippen LogP contribution is 2.17. The monoisotopic (exact) mass is 205 g/mol. The van der Waals surface area contributed by atoms with Gasteiger partial charge in [-0.1, -0.05) is 0 Å². The summed E-state index contributed by atoms with van der Waals surface area (Å²) in [5, 5.41) is 9.68. The Kier molecular flexibility index (Phi) is 2.39. The zero-order valence-corrected chi connectivity index (χ0v) is 7.97. The topological polar surface area (TPSA) is 92.0 Å². The summed E-state index contributed by atoms with van der Waals surface area (Å²) in [6, 6.07) is 0.979. The number of nitrogens with one attached hydrogen (secondary N) is 1. The van der Waals surface area contributed by atoms with Crippen LogP contribution in [0.3, 0.4) is 0 Å². The molecule has 0 aromatic carbocycles. The van der Waals surface area contributed by atoms with Crippen molar-refractivity contribution in [2.75, 3.05) is 0 Å². The van der Waals surface area contributed by atoms with Gasteiger partial charge in [0.05, 0.1) is 11.7 Å². The number of carboxylic acids is 1. The van der Waals surface area contributed by atoms with E-state index in [9.17, 15) is 4.79 Å². The number of carboxylic acid groups (broad SMARTS) is 1. The summed E-state index contributed by atoms with van der Waals surface area (Å²) in [5.41, 5.74) is 7.27. The Morgan fingerprint density at radius 1 is 1.67 bits per heavy atom. The predicted molar refractivity (Wildman–Crippen MR) is 55.4 cm³/mol. The van der Waals surface area contributed by atoms with Crippen LogP contribution in [0, 0.1) is 0 Å². The molecule has 0 fully saturated rings. The number of pyridine rings is 1. The second-order valence-corrected chi connectivity index (χ2v) is 3.38. The van der Waals surface area contributed by atoms with Crippen molar-refractivity contribution in [2.45, 2.75) is 12.5 Å². The molecule has 1 atom stereocenters. The van der Waals surface area contributed by atoms with E-state index in [-0.39, 0.29) is 0 Å². The molecule has 2 rings (SSSR count). The minimum Gasteiger partial charge on any atom is -0.480 e. The molecule has 0 saturated carbocycles. The van der Waals surface area contributed by atoms with Crippen LogP contribution < -0.4 is 5.73 Å². The van der Waals surface area contributed by atoms with Gasteiger partial charge in [0, 0.05) is 24.2 Å². The maximum absolute atomic E-state index is 10.6. The SMILES string of the molecule is NC(Cc1c[nH]c2cnccc12)C(=O)O. The van der Waals surface area contributed by atoms with Gasteiger partial charge >= 0.3 is 5.97 Å². The number of aromatic nitrogens is 2. The highest BCUT2D eigenvalue weighted by molar-refractivity contribution is 5.83. The molecule has 0 spiro atoms. The molecule has 0 aliphatic heterocycles. The number of hydrogen-bond acceptors (Lipinski definition) is 3. The number of nitrogens with two attached hydrogens (primary N) is 1. The van der Waals surface area contributed by atoms with Gasteiger partial charge in [-0.3, -0.25) is 9.78 Å². The zero-order chi connectivity index (χ0) is 10.8. The lowest BCUT2D eigenvalue weighted by atomic mass is 10.1. The van der Waals surface area contributed by atoms with Gasteiger partial charge in [0.15, 0.2) is 0 Å². The predicted octanol–water partition coefficient (Wildman–Crippen LogP) is 0.517. The number of hydrogen-bond donors (Lipinski definition) is 3. The highest BCUT2D eigenvalue weighted by Gasteiger charge is 2.14. The summed E-state index contributed by atoms with van der Waals surface area (Å²) >= 11 is 0. The Bertz CT molecular complexity index is 492. The number of H-pyrrole nitrogens is 1. The van der Waals surface area contributed by atoms with Gasteiger partial charge in [-0.25, -0.2) is 0 Å². The molecule has 4 N–H and O–H groups in total. The molecule has 78 valence electrons. The zero-order valence-electron chi connectivity index (χ0n) is 7.97. The van der Waals surface area contributed by atoms with E-state index < -0.39 is 12.0 Å². The Morgan fingerprint density at radius 3 is 3.20 bits per heavy atom. The molecule has 0 bridgehead atoms. The van der Waals surface area contributed by atoms with Crippen molar-refractivity contribution in [2.24, 2.45) is 5.73 Å². The third kappa shape index (κ3) is 1.82. The molecule has 0 aliphatic rings. The Morgan fingerprint density at radius 2 is 2.47 bits per heavy atom. The van der Waals surface area contributed by atoms with Crippen LogP contribution in [0.25, 0.3) is 10.9 Å². The number of aliphatic carboxylic acids is 1. The number of carbonyl (C=O) groups is 1. The van der Waals surface area contributed by atoms with Gasteiger partial charge < -0.3 is 15.8 Å². The molecule has 0 radical (unpaired) electrons. The van der Waals surface area contributed by atoms with E-state index in [0.29, 0.717) is 6.42 Å². The highest BCUT2D eigenvalue weighted by atomic mass is 16.4. The molecule has 5 nitrogen and oxygen atoms in total. The summed E-state index contributed by atoms with van der Waals surface area (Å²) < 4.78 is 0. The van der Waals surface area contributed by atoms with Crippen LogP contribution in [0.4, 0.5) is 0 Å². The second-order valence-electron chi connectivity index (χ2n) is 3.38. The van der Waals surface area contributed by atoms with Gasteiger partial charge in [-0.15, -0.1) is 0 Å². The van der Waals surface area contributed by atoms with Crippen LogP contribution in [0.2, 0.25) is 0 Å². The van der Waals surface area contributed by atoms with Crippen molar-refractivity contribution < 1.29 is 9.90 Å². The smallest absolute Gasteiger partial charge is 0.320 e. The molecular weight excluding hydrogens is 194 g/mol. The summed E-state index contributed by atoms with van der Waals surface area (Å²) in [7, 11) is 0. The maximum atomic E-state index is 10.6. The van der Waals surface area contributed by atoms with E-state index in [4.69, 9.17) is 10.8 Å². The van der Waals surface area contributed by atoms with Crippen molar-refractivity contribution in [1.82, 2.24) is 9.97 Å². The van der Waals surface area contributed by atoms with E-state index in [0.717, 1.165) is 16.5 Å². The maximum Gasteiger partial charge on any atom is 0.320 e. The average Bonchev–Trinajstić information content (AvgIpc) is 2.62. The normalized spacial score (nSPS) is 12.9. The minimum absolute atomic E-state index is 0.319. The fraction of sp³-hybridized carbons (Fsp3) is 0.200. The molecule has 0 saturated heterocycles. The first-order valence-electron chi connectivity index (χ1n) is 4.57. The van der Waals surface area contributed by atoms with Gasteiger partial charge in [0.25, 0.3) is 0 Å². The van der Waals surface area contributed by atoms with E-state index in [1.807, 2.05) is 6.07 Å². The van der Waals surface area contributed by atoms with Crippen molar-refractivity contribution >= 4 is 16.9 Å². The molecular formula is C10H11N3O2. The van der Waals surface area contributed by atoms with Crippen LogP contribution in [-0.4, -0.2) is 27.1 Å². The van der Waals surface area contributed by atoms with Crippen molar-refractivity contribution in [1.29, 1.82) is 0 Å². The molecule has 5 heteroatoms. The lowest BCUT2D eigenvalue weighted by Crippen LogP contribution is -2.32. The Hall–Kier alpha value is -1.88. The fourth-order valence-corrected chi connectivity index (χ4v) is 1.53. The molecule has 2 aromatic heterocycles. The van der Waals surface area contributed by atoms with Gasteiger partial charge in [-0.05, 0) is 11.6 Å². The molecule has 2 heterocycles. The van der Waals surface area contributed by atoms with E-state index in [1.54, 1.807) is 18.6 Å². The number of aromatic amines is 1. The van der Waals surface area contributed by atoms with Gasteiger partial charge in [0.2, 0.25) is 0 Å². The minimum atomic E-state index is -0.988. The second kappa shape index (κ2) is 3.70. The summed E-state index contributed by atoms with van der Waals surface area (Å²) in [6.07, 6.45) is 5.46. The quantitative estimate of drug-likeness (QED) is 0.681. The van der Waals surface area contributed by atoms with Crippen LogP contribution in [-0.2, 0) is 11.2 Å². The van der Waals surface area contributed by atoms with E-state index in [1.165, 1.54) is 0 Å². The van der Waals surface area contributed by atoms with Crippen molar-refractivity contribution in [3.8, 4) is 0 Å². The first kappa shape index (κ1) is 9.67.